The Kier molecular flexibility index (Phi) is 4.86. The molecular weight excluding hydrogens is 426 g/mol. The largest absolute Gasteiger partial charge is 0.455 e. The van der Waals surface area contributed by atoms with Crippen molar-refractivity contribution in [2.45, 2.75) is 0 Å². The third kappa shape index (κ3) is 3.45. The molecule has 0 aliphatic carbocycles. The molecule has 0 aliphatic heterocycles. The van der Waals surface area contributed by atoms with Crippen molar-refractivity contribution in [3.05, 3.63) is 126 Å². The average Bonchev–Trinajstić information content (AvgIpc) is 3.25. The summed E-state index contributed by atoms with van der Waals surface area (Å²) in [5.74, 6) is 0. The van der Waals surface area contributed by atoms with Gasteiger partial charge in [0.1, 0.15) is 11.2 Å². The summed E-state index contributed by atoms with van der Waals surface area (Å²) in [6.45, 7) is 0. The second kappa shape index (κ2) is 8.16. The van der Waals surface area contributed by atoms with Gasteiger partial charge in [-0.1, -0.05) is 78.3 Å². The lowest BCUT2D eigenvalue weighted by molar-refractivity contribution is 0.670. The van der Waals surface area contributed by atoms with E-state index in [0.717, 1.165) is 50.1 Å². The molecule has 0 spiro atoms. The van der Waals surface area contributed by atoms with Gasteiger partial charge in [0.2, 0.25) is 0 Å². The number of halogens is 1. The lowest BCUT2D eigenvalue weighted by Crippen LogP contribution is -2.10. The predicted molar refractivity (Wildman–Crippen MR) is 139 cm³/mol. The molecule has 0 amide bonds. The Morgan fingerprint density at radius 1 is 0.606 bits per heavy atom. The highest BCUT2D eigenvalue weighted by molar-refractivity contribution is 6.31. The Balaban J connectivity index is 1.71. The zero-order valence-corrected chi connectivity index (χ0v) is 18.5. The van der Waals surface area contributed by atoms with E-state index in [4.69, 9.17) is 16.0 Å². The molecule has 0 bridgehead atoms. The van der Waals surface area contributed by atoms with Gasteiger partial charge in [-0.05, 0) is 54.1 Å². The van der Waals surface area contributed by atoms with Gasteiger partial charge in [-0.25, -0.2) is 0 Å². The molecule has 0 N–H and O–H groups in total. The van der Waals surface area contributed by atoms with Crippen LogP contribution in [0, 0.1) is 0 Å². The van der Waals surface area contributed by atoms with E-state index in [2.05, 4.69) is 95.9 Å². The maximum absolute atomic E-state index is 6.47. The Labute approximate surface area is 197 Å². The number of anilines is 3. The summed E-state index contributed by atoms with van der Waals surface area (Å²) in [4.78, 5) is 2.28. The van der Waals surface area contributed by atoms with Crippen molar-refractivity contribution in [1.29, 1.82) is 0 Å². The van der Waals surface area contributed by atoms with Gasteiger partial charge in [0.15, 0.2) is 0 Å². The highest BCUT2D eigenvalue weighted by Crippen LogP contribution is 2.46. The molecule has 0 atom stereocenters. The topological polar surface area (TPSA) is 16.4 Å². The van der Waals surface area contributed by atoms with Crippen LogP contribution in [0.2, 0.25) is 5.02 Å². The summed E-state index contributed by atoms with van der Waals surface area (Å²) in [5.41, 5.74) is 7.04. The van der Waals surface area contributed by atoms with Crippen LogP contribution >= 0.6 is 11.6 Å². The van der Waals surface area contributed by atoms with Crippen LogP contribution in [0.4, 0.5) is 17.1 Å². The minimum atomic E-state index is 0.660. The molecule has 0 fully saturated rings. The quantitative estimate of drug-likeness (QED) is 0.268. The van der Waals surface area contributed by atoms with Gasteiger partial charge >= 0.3 is 0 Å². The first-order chi connectivity index (χ1) is 16.3. The fraction of sp³-hybridized carbons (Fsp3) is 0. The lowest BCUT2D eigenvalue weighted by Gasteiger charge is -2.26. The Bertz CT molecular complexity index is 1520. The minimum Gasteiger partial charge on any atom is -0.455 e. The first-order valence-electron chi connectivity index (χ1n) is 10.9. The number of para-hydroxylation sites is 2. The van der Waals surface area contributed by atoms with Gasteiger partial charge in [-0.3, -0.25) is 0 Å². The van der Waals surface area contributed by atoms with Gasteiger partial charge in [0.25, 0.3) is 0 Å². The van der Waals surface area contributed by atoms with Gasteiger partial charge in [0.05, 0.1) is 11.1 Å². The highest BCUT2D eigenvalue weighted by atomic mass is 35.5. The first-order valence-corrected chi connectivity index (χ1v) is 11.3. The van der Waals surface area contributed by atoms with E-state index in [0.29, 0.717) is 5.02 Å². The van der Waals surface area contributed by atoms with Crippen LogP contribution in [0.3, 0.4) is 0 Å². The van der Waals surface area contributed by atoms with Crippen LogP contribution in [0.5, 0.6) is 0 Å². The summed E-state index contributed by atoms with van der Waals surface area (Å²) in [5, 5.41) is 2.77. The number of hydrogen-bond acceptors (Lipinski definition) is 2. The summed E-state index contributed by atoms with van der Waals surface area (Å²) in [6.07, 6.45) is 0. The second-order valence-corrected chi connectivity index (χ2v) is 8.39. The molecule has 5 aromatic carbocycles. The average molecular weight is 446 g/mol. The zero-order chi connectivity index (χ0) is 22.2. The molecule has 6 aromatic rings. The van der Waals surface area contributed by atoms with Gasteiger partial charge < -0.3 is 9.32 Å². The molecule has 6 rings (SSSR count). The smallest absolute Gasteiger partial charge is 0.145 e. The standard InChI is InChI=1S/C30H20ClNO/c31-22-16-17-26-28(20-22)33-30-25(21-10-4-1-5-11-21)18-19-27(29(26)30)32(23-12-6-2-7-13-23)24-14-8-3-9-15-24/h1-20H. The van der Waals surface area contributed by atoms with E-state index in [1.807, 2.05) is 30.3 Å². The molecule has 0 saturated heterocycles. The molecule has 2 nitrogen and oxygen atoms in total. The van der Waals surface area contributed by atoms with Crippen molar-refractivity contribution in [3.63, 3.8) is 0 Å². The van der Waals surface area contributed by atoms with Crippen molar-refractivity contribution in [2.24, 2.45) is 0 Å². The number of nitrogens with zero attached hydrogens (tertiary/aromatic N) is 1. The van der Waals surface area contributed by atoms with Gasteiger partial charge in [-0.2, -0.15) is 0 Å². The molecular formula is C30H20ClNO. The van der Waals surface area contributed by atoms with E-state index >= 15 is 0 Å². The normalized spacial score (nSPS) is 11.2. The molecule has 0 saturated carbocycles. The number of rotatable bonds is 4. The second-order valence-electron chi connectivity index (χ2n) is 7.95. The maximum atomic E-state index is 6.47. The van der Waals surface area contributed by atoms with Crippen LogP contribution in [0.1, 0.15) is 0 Å². The fourth-order valence-corrected chi connectivity index (χ4v) is 4.61. The van der Waals surface area contributed by atoms with Crippen LogP contribution in [-0.4, -0.2) is 0 Å². The molecule has 0 aliphatic rings. The molecule has 0 unspecified atom stereocenters. The molecule has 158 valence electrons. The number of fused-ring (bicyclic) bond motifs is 3. The van der Waals surface area contributed by atoms with Crippen LogP contribution in [0.15, 0.2) is 126 Å². The third-order valence-corrected chi connectivity index (χ3v) is 6.15. The van der Waals surface area contributed by atoms with Gasteiger partial charge in [-0.15, -0.1) is 0 Å². The minimum absolute atomic E-state index is 0.660. The number of hydrogen-bond donors (Lipinski definition) is 0. The third-order valence-electron chi connectivity index (χ3n) is 5.92. The van der Waals surface area contributed by atoms with E-state index in [-0.39, 0.29) is 0 Å². The summed E-state index contributed by atoms with van der Waals surface area (Å²) < 4.78 is 6.47. The summed E-state index contributed by atoms with van der Waals surface area (Å²) in [6, 6.07) is 41.4. The van der Waals surface area contributed by atoms with E-state index < -0.39 is 0 Å². The molecule has 1 heterocycles. The summed E-state index contributed by atoms with van der Waals surface area (Å²) in [7, 11) is 0. The molecule has 33 heavy (non-hydrogen) atoms. The Morgan fingerprint density at radius 3 is 1.85 bits per heavy atom. The number of furan rings is 1. The summed E-state index contributed by atoms with van der Waals surface area (Å²) >= 11 is 6.33. The Morgan fingerprint density at radius 2 is 1.21 bits per heavy atom. The van der Waals surface area contributed by atoms with E-state index in [1.54, 1.807) is 0 Å². The SMILES string of the molecule is Clc1ccc2c(c1)oc1c(-c3ccccc3)ccc(N(c3ccccc3)c3ccccc3)c12. The van der Waals surface area contributed by atoms with Gasteiger partial charge in [0, 0.05) is 33.4 Å². The Hall–Kier alpha value is -4.01. The first kappa shape index (κ1) is 19.7. The van der Waals surface area contributed by atoms with E-state index in [1.165, 1.54) is 0 Å². The predicted octanol–water partition coefficient (Wildman–Crippen LogP) is 9.38. The van der Waals surface area contributed by atoms with Crippen LogP contribution in [0.25, 0.3) is 33.1 Å². The van der Waals surface area contributed by atoms with Crippen LogP contribution < -0.4 is 4.90 Å². The zero-order valence-electron chi connectivity index (χ0n) is 17.8. The molecule has 0 radical (unpaired) electrons. The fourth-order valence-electron chi connectivity index (χ4n) is 4.45. The van der Waals surface area contributed by atoms with Crippen LogP contribution in [-0.2, 0) is 0 Å². The van der Waals surface area contributed by atoms with Crippen molar-refractivity contribution >= 4 is 50.6 Å². The monoisotopic (exact) mass is 445 g/mol. The lowest BCUT2D eigenvalue weighted by atomic mass is 10.00. The van der Waals surface area contributed by atoms with Crippen molar-refractivity contribution in [3.8, 4) is 11.1 Å². The van der Waals surface area contributed by atoms with Crippen molar-refractivity contribution < 1.29 is 4.42 Å². The van der Waals surface area contributed by atoms with E-state index in [9.17, 15) is 0 Å². The highest BCUT2D eigenvalue weighted by Gasteiger charge is 2.21. The maximum Gasteiger partial charge on any atom is 0.145 e. The number of benzene rings is 5. The molecule has 3 heteroatoms. The molecule has 1 aromatic heterocycles. The van der Waals surface area contributed by atoms with Crippen molar-refractivity contribution in [1.82, 2.24) is 0 Å². The van der Waals surface area contributed by atoms with Crippen molar-refractivity contribution in [2.75, 3.05) is 4.90 Å².